The summed E-state index contributed by atoms with van der Waals surface area (Å²) in [5.74, 6) is 0.992. The number of halogens is 1. The second kappa shape index (κ2) is 11.0. The van der Waals surface area contributed by atoms with E-state index in [1.807, 2.05) is 0 Å². The second-order valence-electron chi connectivity index (χ2n) is 6.74. The van der Waals surface area contributed by atoms with Gasteiger partial charge in [0, 0.05) is 25.0 Å². The lowest BCUT2D eigenvalue weighted by Crippen LogP contribution is -2.47. The van der Waals surface area contributed by atoms with Crippen LogP contribution in [0.5, 0.6) is 0 Å². The summed E-state index contributed by atoms with van der Waals surface area (Å²) in [4.78, 5) is 7.29. The highest BCUT2D eigenvalue weighted by Gasteiger charge is 2.29. The minimum Gasteiger partial charge on any atom is -0.393 e. The fourth-order valence-electron chi connectivity index (χ4n) is 3.49. The maximum atomic E-state index is 9.74. The third kappa shape index (κ3) is 5.84. The minimum atomic E-state index is -0.154. The van der Waals surface area contributed by atoms with Crippen molar-refractivity contribution in [2.24, 2.45) is 4.99 Å². The number of likely N-dealkylation sites (tertiary alicyclic amines) is 1. The number of benzene rings is 1. The largest absolute Gasteiger partial charge is 0.393 e. The van der Waals surface area contributed by atoms with Crippen molar-refractivity contribution in [3.63, 3.8) is 0 Å². The average Bonchev–Trinajstić information content (AvgIpc) is 2.63. The zero-order valence-electron chi connectivity index (χ0n) is 15.9. The maximum absolute atomic E-state index is 9.74. The Morgan fingerprint density at radius 1 is 1.16 bits per heavy atom. The monoisotopic (exact) mass is 459 g/mol. The smallest absolute Gasteiger partial charge is 0.193 e. The number of piperidine rings is 1. The topological polar surface area (TPSA) is 47.9 Å². The van der Waals surface area contributed by atoms with Gasteiger partial charge in [-0.15, -0.1) is 24.0 Å². The Labute approximate surface area is 170 Å². The molecule has 0 spiro atoms. The van der Waals surface area contributed by atoms with Crippen LogP contribution in [0.4, 0.5) is 0 Å². The van der Waals surface area contributed by atoms with Crippen molar-refractivity contribution in [3.05, 3.63) is 35.9 Å². The molecule has 4 nitrogen and oxygen atoms in total. The summed E-state index contributed by atoms with van der Waals surface area (Å²) in [6, 6.07) is 10.8. The molecule has 25 heavy (non-hydrogen) atoms. The van der Waals surface area contributed by atoms with E-state index in [4.69, 9.17) is 4.99 Å². The molecular weight excluding hydrogens is 425 g/mol. The van der Waals surface area contributed by atoms with Gasteiger partial charge in [0.05, 0.1) is 12.6 Å². The molecule has 1 saturated heterocycles. The van der Waals surface area contributed by atoms with E-state index in [-0.39, 0.29) is 35.5 Å². The molecule has 0 aliphatic carbocycles. The van der Waals surface area contributed by atoms with E-state index < -0.39 is 0 Å². The van der Waals surface area contributed by atoms with Crippen LogP contribution in [0, 0.1) is 0 Å². The van der Waals surface area contributed by atoms with Gasteiger partial charge in [0.1, 0.15) is 0 Å². The summed E-state index contributed by atoms with van der Waals surface area (Å²) in [6.07, 6.45) is 3.66. The fraction of sp³-hybridized carbons (Fsp3) is 0.650. The van der Waals surface area contributed by atoms with Gasteiger partial charge in [-0.05, 0) is 38.2 Å². The van der Waals surface area contributed by atoms with Crippen LogP contribution in [0.15, 0.2) is 35.3 Å². The van der Waals surface area contributed by atoms with Crippen molar-refractivity contribution in [3.8, 4) is 0 Å². The second-order valence-corrected chi connectivity index (χ2v) is 6.74. The minimum absolute atomic E-state index is 0. The number of aliphatic hydroxyl groups is 1. The SMILES string of the molecule is CCNC(=NCC(CC)(CC)c1ccccc1)N1CCC(O)CC1.I. The van der Waals surface area contributed by atoms with Gasteiger partial charge in [0.2, 0.25) is 0 Å². The lowest BCUT2D eigenvalue weighted by molar-refractivity contribution is 0.108. The molecule has 0 radical (unpaired) electrons. The lowest BCUT2D eigenvalue weighted by Gasteiger charge is -2.34. The van der Waals surface area contributed by atoms with Gasteiger partial charge in [-0.25, -0.2) is 0 Å². The first-order chi connectivity index (χ1) is 11.6. The van der Waals surface area contributed by atoms with Crippen LogP contribution >= 0.6 is 24.0 Å². The number of aliphatic hydroxyl groups excluding tert-OH is 1. The molecule has 0 atom stereocenters. The Morgan fingerprint density at radius 2 is 1.76 bits per heavy atom. The van der Waals surface area contributed by atoms with Crippen molar-refractivity contribution < 1.29 is 5.11 Å². The number of nitrogens with zero attached hydrogens (tertiary/aromatic N) is 2. The van der Waals surface area contributed by atoms with E-state index in [9.17, 15) is 5.11 Å². The first-order valence-corrected chi connectivity index (χ1v) is 9.42. The highest BCUT2D eigenvalue weighted by atomic mass is 127. The predicted molar refractivity (Wildman–Crippen MR) is 117 cm³/mol. The van der Waals surface area contributed by atoms with E-state index in [0.29, 0.717) is 0 Å². The fourth-order valence-corrected chi connectivity index (χ4v) is 3.49. The van der Waals surface area contributed by atoms with Gasteiger partial charge in [-0.1, -0.05) is 44.2 Å². The molecule has 142 valence electrons. The van der Waals surface area contributed by atoms with Gasteiger partial charge in [0.25, 0.3) is 0 Å². The Hall–Kier alpha value is -0.820. The van der Waals surface area contributed by atoms with Crippen LogP contribution in [0.25, 0.3) is 0 Å². The molecule has 0 amide bonds. The molecular formula is C20H34IN3O. The van der Waals surface area contributed by atoms with Gasteiger partial charge in [-0.2, -0.15) is 0 Å². The third-order valence-electron chi connectivity index (χ3n) is 5.37. The molecule has 2 N–H and O–H groups in total. The van der Waals surface area contributed by atoms with Crippen molar-refractivity contribution >= 4 is 29.9 Å². The molecule has 0 saturated carbocycles. The van der Waals surface area contributed by atoms with Crippen molar-refractivity contribution in [1.82, 2.24) is 10.2 Å². The van der Waals surface area contributed by atoms with Gasteiger partial charge < -0.3 is 15.3 Å². The predicted octanol–water partition coefficient (Wildman–Crippen LogP) is 3.78. The number of hydrogen-bond donors (Lipinski definition) is 2. The van der Waals surface area contributed by atoms with Crippen LogP contribution in [-0.2, 0) is 5.41 Å². The van der Waals surface area contributed by atoms with E-state index in [1.165, 1.54) is 5.56 Å². The first-order valence-electron chi connectivity index (χ1n) is 9.42. The van der Waals surface area contributed by atoms with E-state index in [2.05, 4.69) is 61.3 Å². The number of rotatable bonds is 6. The molecule has 1 fully saturated rings. The molecule has 2 rings (SSSR count). The molecule has 5 heteroatoms. The molecule has 0 aromatic heterocycles. The Kier molecular flexibility index (Phi) is 9.79. The summed E-state index contributed by atoms with van der Waals surface area (Å²) in [5.41, 5.74) is 1.47. The van der Waals surface area contributed by atoms with Crippen LogP contribution in [0.1, 0.15) is 52.0 Å². The molecule has 0 bridgehead atoms. The zero-order chi connectivity index (χ0) is 17.4. The average molecular weight is 459 g/mol. The molecule has 1 heterocycles. The van der Waals surface area contributed by atoms with E-state index in [0.717, 1.165) is 57.8 Å². The molecule has 1 aromatic carbocycles. The normalized spacial score (nSPS) is 16.5. The summed E-state index contributed by atoms with van der Waals surface area (Å²) >= 11 is 0. The Morgan fingerprint density at radius 3 is 2.28 bits per heavy atom. The first kappa shape index (κ1) is 22.2. The summed E-state index contributed by atoms with van der Waals surface area (Å²) in [6.45, 7) is 10.1. The highest BCUT2D eigenvalue weighted by molar-refractivity contribution is 14.0. The molecule has 1 aliphatic rings. The standard InChI is InChI=1S/C20H33N3O.HI/c1-4-20(5-2,17-10-8-7-9-11-17)16-22-19(21-6-3)23-14-12-18(24)13-15-23;/h7-11,18,24H,4-6,12-16H2,1-3H3,(H,21,22);1H. The summed E-state index contributed by atoms with van der Waals surface area (Å²) in [5, 5.41) is 13.2. The maximum Gasteiger partial charge on any atom is 0.193 e. The van der Waals surface area contributed by atoms with Gasteiger partial charge in [0.15, 0.2) is 5.96 Å². The number of aliphatic imine (C=N–C) groups is 1. The third-order valence-corrected chi connectivity index (χ3v) is 5.37. The zero-order valence-corrected chi connectivity index (χ0v) is 18.2. The van der Waals surface area contributed by atoms with Crippen LogP contribution < -0.4 is 5.32 Å². The molecule has 1 aliphatic heterocycles. The van der Waals surface area contributed by atoms with Gasteiger partial charge in [-0.3, -0.25) is 4.99 Å². The molecule has 0 unspecified atom stereocenters. The Balaban J connectivity index is 0.00000312. The number of nitrogens with one attached hydrogen (secondary N) is 1. The number of hydrogen-bond acceptors (Lipinski definition) is 2. The summed E-state index contributed by atoms with van der Waals surface area (Å²) < 4.78 is 0. The molecule has 1 aromatic rings. The summed E-state index contributed by atoms with van der Waals surface area (Å²) in [7, 11) is 0. The van der Waals surface area contributed by atoms with Crippen LogP contribution in [0.2, 0.25) is 0 Å². The van der Waals surface area contributed by atoms with Crippen molar-refractivity contribution in [2.45, 2.75) is 58.0 Å². The number of guanidine groups is 1. The van der Waals surface area contributed by atoms with Crippen molar-refractivity contribution in [2.75, 3.05) is 26.2 Å². The van der Waals surface area contributed by atoms with Gasteiger partial charge >= 0.3 is 0 Å². The quantitative estimate of drug-likeness (QED) is 0.387. The van der Waals surface area contributed by atoms with Crippen molar-refractivity contribution in [1.29, 1.82) is 0 Å². The van der Waals surface area contributed by atoms with E-state index >= 15 is 0 Å². The Bertz CT molecular complexity index is 509. The van der Waals surface area contributed by atoms with Crippen LogP contribution in [-0.4, -0.2) is 48.2 Å². The van der Waals surface area contributed by atoms with Crippen LogP contribution in [0.3, 0.4) is 0 Å². The lowest BCUT2D eigenvalue weighted by atomic mass is 9.76. The highest BCUT2D eigenvalue weighted by Crippen LogP contribution is 2.32. The van der Waals surface area contributed by atoms with E-state index in [1.54, 1.807) is 0 Å².